The van der Waals surface area contributed by atoms with E-state index in [-0.39, 0.29) is 18.4 Å². The molecule has 0 amide bonds. The maximum Gasteiger partial charge on any atom is 0.417 e. The van der Waals surface area contributed by atoms with Crippen LogP contribution in [0.1, 0.15) is 22.6 Å². The van der Waals surface area contributed by atoms with Crippen molar-refractivity contribution in [3.63, 3.8) is 0 Å². The van der Waals surface area contributed by atoms with Crippen LogP contribution in [-0.4, -0.2) is 45.1 Å². The van der Waals surface area contributed by atoms with Gasteiger partial charge in [0.1, 0.15) is 6.61 Å². The molecule has 11 nitrogen and oxygen atoms in total. The van der Waals surface area contributed by atoms with Gasteiger partial charge in [0.2, 0.25) is 11.7 Å². The van der Waals surface area contributed by atoms with Crippen molar-refractivity contribution in [2.45, 2.75) is 26.3 Å². The van der Waals surface area contributed by atoms with E-state index in [2.05, 4.69) is 35.6 Å². The number of tetrazole rings is 1. The number of aromatic nitrogens is 9. The van der Waals surface area contributed by atoms with Crippen molar-refractivity contribution in [2.24, 2.45) is 7.05 Å². The second-order valence-electron chi connectivity index (χ2n) is 7.79. The third-order valence-electron chi connectivity index (χ3n) is 5.20. The molecular weight excluding hydrogens is 479 g/mol. The second-order valence-corrected chi connectivity index (χ2v) is 7.79. The lowest BCUT2D eigenvalue weighted by Crippen LogP contribution is -2.07. The van der Waals surface area contributed by atoms with Crippen molar-refractivity contribution >= 4 is 0 Å². The molecule has 0 bridgehead atoms. The molecule has 5 aromatic rings. The summed E-state index contributed by atoms with van der Waals surface area (Å²) in [5, 5.41) is 20.3. The van der Waals surface area contributed by atoms with E-state index in [0.29, 0.717) is 29.5 Å². The fourth-order valence-corrected chi connectivity index (χ4v) is 3.40. The summed E-state index contributed by atoms with van der Waals surface area (Å²) in [7, 11) is 1.70. The van der Waals surface area contributed by atoms with Crippen LogP contribution >= 0.6 is 0 Å². The first-order valence-corrected chi connectivity index (χ1v) is 10.6. The Morgan fingerprint density at radius 2 is 1.97 bits per heavy atom. The molecule has 14 heteroatoms. The minimum atomic E-state index is -4.47. The minimum Gasteiger partial charge on any atom is -0.471 e. The fraction of sp³-hybridized carbons (Fsp3) is 0.227. The molecule has 0 saturated heterocycles. The number of hydrogen-bond acceptors (Lipinski definition) is 9. The van der Waals surface area contributed by atoms with Crippen molar-refractivity contribution in [3.8, 4) is 28.7 Å². The number of hydrogen-bond donors (Lipinski definition) is 0. The van der Waals surface area contributed by atoms with E-state index in [9.17, 15) is 13.2 Å². The van der Waals surface area contributed by atoms with E-state index < -0.39 is 11.7 Å². The molecule has 0 fully saturated rings. The fourth-order valence-electron chi connectivity index (χ4n) is 3.40. The number of nitrogens with zero attached hydrogens (tertiary/aromatic N) is 9. The van der Waals surface area contributed by atoms with Crippen molar-refractivity contribution in [1.29, 1.82) is 0 Å². The lowest BCUT2D eigenvalue weighted by Gasteiger charge is -2.09. The van der Waals surface area contributed by atoms with Gasteiger partial charge < -0.3 is 9.26 Å². The van der Waals surface area contributed by atoms with Gasteiger partial charge in [0.25, 0.3) is 5.89 Å². The summed E-state index contributed by atoms with van der Waals surface area (Å²) in [6.07, 6.45) is -2.20. The van der Waals surface area contributed by atoms with Crippen LogP contribution in [0, 0.1) is 6.92 Å². The smallest absolute Gasteiger partial charge is 0.417 e. The normalized spacial score (nSPS) is 11.7. The first-order chi connectivity index (χ1) is 17.3. The molecule has 0 unspecified atom stereocenters. The molecule has 0 radical (unpaired) electrons. The number of aryl methyl sites for hydroxylation is 2. The Morgan fingerprint density at radius 3 is 2.69 bits per heavy atom. The SMILES string of the molecule is Cc1nnn(Cc2cccc(-c3noc(-c4cnn(C)c4COc4ccc(C(F)(F)F)cn4)n3)c2)n1. The number of ether oxygens (including phenoxy) is 1. The van der Waals surface area contributed by atoms with Crippen LogP contribution in [-0.2, 0) is 26.4 Å². The highest BCUT2D eigenvalue weighted by Gasteiger charge is 2.30. The molecule has 36 heavy (non-hydrogen) atoms. The van der Waals surface area contributed by atoms with Crippen LogP contribution in [0.4, 0.5) is 13.2 Å². The first-order valence-electron chi connectivity index (χ1n) is 10.6. The van der Waals surface area contributed by atoms with Crippen molar-refractivity contribution in [1.82, 2.24) is 45.1 Å². The lowest BCUT2D eigenvalue weighted by atomic mass is 10.1. The average molecular weight is 497 g/mol. The van der Waals surface area contributed by atoms with E-state index >= 15 is 0 Å². The molecule has 1 aromatic carbocycles. The summed E-state index contributed by atoms with van der Waals surface area (Å²) in [5.74, 6) is 1.21. The van der Waals surface area contributed by atoms with E-state index in [4.69, 9.17) is 9.26 Å². The largest absolute Gasteiger partial charge is 0.471 e. The van der Waals surface area contributed by atoms with Gasteiger partial charge in [-0.25, -0.2) is 4.98 Å². The summed E-state index contributed by atoms with van der Waals surface area (Å²) in [5.41, 5.74) is 1.91. The summed E-state index contributed by atoms with van der Waals surface area (Å²) >= 11 is 0. The van der Waals surface area contributed by atoms with E-state index in [0.717, 1.165) is 29.5 Å². The molecule has 0 spiro atoms. The quantitative estimate of drug-likeness (QED) is 0.333. The van der Waals surface area contributed by atoms with Crippen molar-refractivity contribution in [2.75, 3.05) is 0 Å². The zero-order valence-corrected chi connectivity index (χ0v) is 19.0. The molecule has 184 valence electrons. The predicted molar refractivity (Wildman–Crippen MR) is 117 cm³/mol. The van der Waals surface area contributed by atoms with Crippen molar-refractivity contribution in [3.05, 3.63) is 71.4 Å². The van der Waals surface area contributed by atoms with Crippen LogP contribution in [0.5, 0.6) is 5.88 Å². The standard InChI is InChI=1S/C22H18F3N9O2/c1-13-29-32-34(30-13)11-14-4-3-5-15(8-14)20-28-21(36-31-20)17-10-27-33(2)18(17)12-35-19-7-6-16(9-26-19)22(23,24)25/h3-10H,11-12H2,1-2H3. The number of rotatable bonds is 7. The summed E-state index contributed by atoms with van der Waals surface area (Å²) < 4.78 is 50.8. The third-order valence-corrected chi connectivity index (χ3v) is 5.20. The molecule has 4 heterocycles. The summed E-state index contributed by atoms with van der Waals surface area (Å²) in [6, 6.07) is 9.61. The Morgan fingerprint density at radius 1 is 1.11 bits per heavy atom. The maximum atomic E-state index is 12.7. The first kappa shape index (κ1) is 23.1. The average Bonchev–Trinajstić information content (AvgIpc) is 3.58. The predicted octanol–water partition coefficient (Wildman–Crippen LogP) is 3.47. The van der Waals surface area contributed by atoms with Gasteiger partial charge in [-0.15, -0.1) is 10.2 Å². The lowest BCUT2D eigenvalue weighted by molar-refractivity contribution is -0.137. The highest BCUT2D eigenvalue weighted by Crippen LogP contribution is 2.30. The molecular formula is C22H18F3N9O2. The van der Waals surface area contributed by atoms with Gasteiger partial charge >= 0.3 is 6.18 Å². The molecule has 4 aromatic heterocycles. The van der Waals surface area contributed by atoms with Crippen LogP contribution < -0.4 is 4.74 Å². The number of pyridine rings is 1. The van der Waals surface area contributed by atoms with E-state index in [1.165, 1.54) is 4.80 Å². The molecule has 0 aliphatic rings. The van der Waals surface area contributed by atoms with Crippen LogP contribution in [0.3, 0.4) is 0 Å². The number of alkyl halides is 3. The highest BCUT2D eigenvalue weighted by atomic mass is 19.4. The van der Waals surface area contributed by atoms with Crippen LogP contribution in [0.2, 0.25) is 0 Å². The topological polar surface area (TPSA) is 122 Å². The van der Waals surface area contributed by atoms with Gasteiger partial charge in [0.15, 0.2) is 5.82 Å². The monoisotopic (exact) mass is 497 g/mol. The van der Waals surface area contributed by atoms with Crippen LogP contribution in [0.25, 0.3) is 22.8 Å². The number of halogens is 3. The summed E-state index contributed by atoms with van der Waals surface area (Å²) in [4.78, 5) is 9.70. The van der Waals surface area contributed by atoms with Gasteiger partial charge in [-0.1, -0.05) is 23.4 Å². The third kappa shape index (κ3) is 4.92. The van der Waals surface area contributed by atoms with E-state index in [1.807, 2.05) is 24.3 Å². The molecule has 0 saturated carbocycles. The molecule has 0 aliphatic carbocycles. The zero-order valence-electron chi connectivity index (χ0n) is 19.0. The molecule has 0 atom stereocenters. The second kappa shape index (κ2) is 9.20. The zero-order chi connectivity index (χ0) is 25.3. The van der Waals surface area contributed by atoms with Gasteiger partial charge in [-0.3, -0.25) is 4.68 Å². The molecule has 0 N–H and O–H groups in total. The van der Waals surface area contributed by atoms with Crippen LogP contribution in [0.15, 0.2) is 53.3 Å². The Hall–Kier alpha value is -4.62. The van der Waals surface area contributed by atoms with Crippen molar-refractivity contribution < 1.29 is 22.4 Å². The molecule has 5 rings (SSSR count). The van der Waals surface area contributed by atoms with Gasteiger partial charge in [0.05, 0.1) is 29.6 Å². The maximum absolute atomic E-state index is 12.7. The Bertz CT molecular complexity index is 1490. The Balaban J connectivity index is 1.33. The van der Waals surface area contributed by atoms with Gasteiger partial charge in [-0.2, -0.15) is 28.1 Å². The van der Waals surface area contributed by atoms with Gasteiger partial charge in [-0.05, 0) is 29.8 Å². The minimum absolute atomic E-state index is 0.0261. The molecule has 0 aliphatic heterocycles. The van der Waals surface area contributed by atoms with Gasteiger partial charge in [0, 0.05) is 24.9 Å². The Kier molecular flexibility index (Phi) is 5.91. The summed E-state index contributed by atoms with van der Waals surface area (Å²) in [6.45, 7) is 2.17. The van der Waals surface area contributed by atoms with E-state index in [1.54, 1.807) is 24.9 Å². The highest BCUT2D eigenvalue weighted by molar-refractivity contribution is 5.61. The number of benzene rings is 1. The Labute approximate surface area is 201 Å².